The third-order valence-electron chi connectivity index (χ3n) is 6.75. The minimum Gasteiger partial charge on any atom is -0.460 e. The monoisotopic (exact) mass is 566 g/mol. The van der Waals surface area contributed by atoms with E-state index in [0.29, 0.717) is 12.8 Å². The van der Waals surface area contributed by atoms with Gasteiger partial charge < -0.3 is 19.5 Å². The van der Waals surface area contributed by atoms with Crippen molar-refractivity contribution in [3.8, 4) is 0 Å². The van der Waals surface area contributed by atoms with Gasteiger partial charge in [-0.15, -0.1) is 11.3 Å². The molecule has 3 rings (SSSR count). The van der Waals surface area contributed by atoms with Crippen LogP contribution in [0.15, 0.2) is 66.9 Å². The molecule has 0 fully saturated rings. The van der Waals surface area contributed by atoms with Crippen LogP contribution < -0.4 is 5.32 Å². The number of alkyl carbamates (subject to hydrolysis) is 1. The first kappa shape index (κ1) is 31.3. The first-order valence-electron chi connectivity index (χ1n) is 13.7. The van der Waals surface area contributed by atoms with E-state index in [9.17, 15) is 9.59 Å². The summed E-state index contributed by atoms with van der Waals surface area (Å²) < 4.78 is 17.1. The van der Waals surface area contributed by atoms with Crippen molar-refractivity contribution in [1.82, 2.24) is 10.3 Å². The molecule has 7 nitrogen and oxygen atoms in total. The molecule has 1 N–H and O–H groups in total. The zero-order valence-corrected chi connectivity index (χ0v) is 25.4. The van der Waals surface area contributed by atoms with E-state index < -0.39 is 35.2 Å². The Hall–Kier alpha value is -3.23. The van der Waals surface area contributed by atoms with Crippen LogP contribution in [0.3, 0.4) is 0 Å². The van der Waals surface area contributed by atoms with Gasteiger partial charge in [-0.1, -0.05) is 67.6 Å². The van der Waals surface area contributed by atoms with Crippen LogP contribution in [0.1, 0.15) is 81.5 Å². The van der Waals surface area contributed by atoms with Gasteiger partial charge in [0.2, 0.25) is 0 Å². The van der Waals surface area contributed by atoms with Crippen molar-refractivity contribution in [2.75, 3.05) is 7.11 Å². The van der Waals surface area contributed by atoms with Gasteiger partial charge in [0.05, 0.1) is 22.4 Å². The van der Waals surface area contributed by atoms with Gasteiger partial charge in [-0.05, 0) is 51.7 Å². The average molecular weight is 567 g/mol. The molecule has 8 heteroatoms. The SMILES string of the molecule is CC[C@@H](OC)c1cnc(C(Cc2ccccc2)(C[C@H](OC(C)=O)[C@H](C)NC(=O)OC(C)(C)C)c2ccccc2)s1. The van der Waals surface area contributed by atoms with Gasteiger partial charge in [0.1, 0.15) is 16.7 Å². The maximum Gasteiger partial charge on any atom is 0.407 e. The number of methoxy groups -OCH3 is 1. The third kappa shape index (κ3) is 8.38. The molecule has 1 heterocycles. The Morgan fingerprint density at radius 1 is 1.02 bits per heavy atom. The fourth-order valence-corrected chi connectivity index (χ4v) is 6.18. The highest BCUT2D eigenvalue weighted by Crippen LogP contribution is 2.44. The molecule has 3 aromatic rings. The molecular formula is C32H42N2O5S. The molecule has 1 amide bonds. The summed E-state index contributed by atoms with van der Waals surface area (Å²) in [6.07, 6.45) is 2.43. The number of hydrogen-bond acceptors (Lipinski definition) is 7. The summed E-state index contributed by atoms with van der Waals surface area (Å²) in [6, 6.07) is 19.9. The standard InChI is InChI=1S/C32H42N2O5S/c1-8-26(37-7)28-21-33-29(40-28)32(25-17-13-10-14-18-25,19-24-15-11-9-12-16-24)20-27(38-23(3)35)22(2)34-30(36)39-31(4,5)6/h9-18,21-22,26-27H,8,19-20H2,1-7H3,(H,34,36)/t22-,26+,27-,32?/m0/s1. The Bertz CT molecular complexity index is 1220. The van der Waals surface area contributed by atoms with E-state index in [1.807, 2.05) is 70.3 Å². The number of aromatic nitrogens is 1. The first-order chi connectivity index (χ1) is 19.0. The Labute approximate surface area is 242 Å². The number of rotatable bonds is 12. The smallest absolute Gasteiger partial charge is 0.407 e. The van der Waals surface area contributed by atoms with Gasteiger partial charge >= 0.3 is 12.1 Å². The summed E-state index contributed by atoms with van der Waals surface area (Å²) >= 11 is 1.62. The molecule has 0 aliphatic rings. The molecule has 1 unspecified atom stereocenters. The van der Waals surface area contributed by atoms with E-state index in [4.69, 9.17) is 19.2 Å². The van der Waals surface area contributed by atoms with Gasteiger partial charge in [-0.2, -0.15) is 0 Å². The van der Waals surface area contributed by atoms with Crippen LogP contribution in [-0.4, -0.2) is 41.9 Å². The van der Waals surface area contributed by atoms with Crippen LogP contribution in [0.2, 0.25) is 0 Å². The predicted molar refractivity (Wildman–Crippen MR) is 159 cm³/mol. The summed E-state index contributed by atoms with van der Waals surface area (Å²) in [4.78, 5) is 31.1. The van der Waals surface area contributed by atoms with E-state index in [2.05, 4.69) is 36.5 Å². The zero-order chi connectivity index (χ0) is 29.3. The van der Waals surface area contributed by atoms with Crippen molar-refractivity contribution < 1.29 is 23.8 Å². The zero-order valence-electron chi connectivity index (χ0n) is 24.6. The summed E-state index contributed by atoms with van der Waals surface area (Å²) in [5.41, 5.74) is 0.848. The van der Waals surface area contributed by atoms with E-state index in [1.54, 1.807) is 18.4 Å². The lowest BCUT2D eigenvalue weighted by atomic mass is 9.71. The molecule has 2 aromatic carbocycles. The largest absolute Gasteiger partial charge is 0.460 e. The Morgan fingerprint density at radius 3 is 2.20 bits per heavy atom. The number of carbonyl (C=O) groups excluding carboxylic acids is 2. The molecular weight excluding hydrogens is 524 g/mol. The molecule has 0 saturated heterocycles. The number of esters is 1. The normalized spacial score (nSPS) is 15.4. The van der Waals surface area contributed by atoms with Crippen LogP contribution in [0.25, 0.3) is 0 Å². The summed E-state index contributed by atoms with van der Waals surface area (Å²) in [5.74, 6) is -0.422. The van der Waals surface area contributed by atoms with Crippen LogP contribution in [-0.2, 0) is 30.8 Å². The molecule has 4 atom stereocenters. The fourth-order valence-electron chi connectivity index (χ4n) is 4.88. The quantitative estimate of drug-likeness (QED) is 0.238. The van der Waals surface area contributed by atoms with Crippen LogP contribution >= 0.6 is 11.3 Å². The highest BCUT2D eigenvalue weighted by molar-refractivity contribution is 7.11. The molecule has 0 aliphatic carbocycles. The number of hydrogen-bond donors (Lipinski definition) is 1. The van der Waals surface area contributed by atoms with Gasteiger partial charge in [0.15, 0.2) is 0 Å². The molecule has 216 valence electrons. The Kier molecular flexibility index (Phi) is 10.9. The number of ether oxygens (including phenoxy) is 3. The number of nitrogens with one attached hydrogen (secondary N) is 1. The fraction of sp³-hybridized carbons (Fsp3) is 0.469. The molecule has 0 aliphatic heterocycles. The maximum atomic E-state index is 12.7. The number of nitrogens with zero attached hydrogens (tertiary/aromatic N) is 1. The number of carbonyl (C=O) groups is 2. The van der Waals surface area contributed by atoms with Gasteiger partial charge in [0, 0.05) is 26.7 Å². The maximum absolute atomic E-state index is 12.7. The average Bonchev–Trinajstić information content (AvgIpc) is 3.39. The van der Waals surface area contributed by atoms with Crippen molar-refractivity contribution in [3.63, 3.8) is 0 Å². The lowest BCUT2D eigenvalue weighted by Crippen LogP contribution is -2.48. The molecule has 0 radical (unpaired) electrons. The second kappa shape index (κ2) is 13.9. The third-order valence-corrected chi connectivity index (χ3v) is 8.04. The first-order valence-corrected chi connectivity index (χ1v) is 14.5. The van der Waals surface area contributed by atoms with E-state index in [0.717, 1.165) is 27.4 Å². The highest BCUT2D eigenvalue weighted by Gasteiger charge is 2.42. The van der Waals surface area contributed by atoms with Crippen molar-refractivity contribution in [3.05, 3.63) is 87.9 Å². The van der Waals surface area contributed by atoms with Gasteiger partial charge in [-0.25, -0.2) is 9.78 Å². The van der Waals surface area contributed by atoms with Crippen molar-refractivity contribution in [1.29, 1.82) is 0 Å². The van der Waals surface area contributed by atoms with Gasteiger partial charge in [-0.3, -0.25) is 4.79 Å². The van der Waals surface area contributed by atoms with E-state index in [1.165, 1.54) is 6.92 Å². The minimum absolute atomic E-state index is 0.0616. The van der Waals surface area contributed by atoms with Crippen LogP contribution in [0, 0.1) is 0 Å². The predicted octanol–water partition coefficient (Wildman–Crippen LogP) is 7.00. The van der Waals surface area contributed by atoms with Crippen LogP contribution in [0.4, 0.5) is 4.79 Å². The Balaban J connectivity index is 2.15. The van der Waals surface area contributed by atoms with Crippen LogP contribution in [0.5, 0.6) is 0 Å². The lowest BCUT2D eigenvalue weighted by molar-refractivity contribution is -0.148. The summed E-state index contributed by atoms with van der Waals surface area (Å²) in [6.45, 7) is 10.7. The second-order valence-corrected chi connectivity index (χ2v) is 12.2. The van der Waals surface area contributed by atoms with Gasteiger partial charge in [0.25, 0.3) is 0 Å². The molecule has 0 spiro atoms. The lowest BCUT2D eigenvalue weighted by Gasteiger charge is -2.38. The van der Waals surface area contributed by atoms with E-state index in [-0.39, 0.29) is 6.10 Å². The highest BCUT2D eigenvalue weighted by atomic mass is 32.1. The second-order valence-electron chi connectivity index (χ2n) is 11.1. The number of benzene rings is 2. The molecule has 1 aromatic heterocycles. The molecule has 0 saturated carbocycles. The molecule has 0 bridgehead atoms. The van der Waals surface area contributed by atoms with Crippen molar-refractivity contribution >= 4 is 23.4 Å². The minimum atomic E-state index is -0.665. The topological polar surface area (TPSA) is 86.8 Å². The molecule has 40 heavy (non-hydrogen) atoms. The number of thiazole rings is 1. The van der Waals surface area contributed by atoms with Crippen molar-refractivity contribution in [2.45, 2.75) is 90.1 Å². The van der Waals surface area contributed by atoms with E-state index >= 15 is 0 Å². The summed E-state index contributed by atoms with van der Waals surface area (Å²) in [5, 5.41) is 3.80. The number of amides is 1. The summed E-state index contributed by atoms with van der Waals surface area (Å²) in [7, 11) is 1.71. The van der Waals surface area contributed by atoms with Crippen molar-refractivity contribution in [2.24, 2.45) is 0 Å². The Morgan fingerprint density at radius 2 is 1.65 bits per heavy atom.